The fraction of sp³-hybridized carbons (Fsp3) is 0.714. The monoisotopic (exact) mass is 238 g/mol. The van der Waals surface area contributed by atoms with Crippen molar-refractivity contribution in [1.82, 2.24) is 0 Å². The average Bonchev–Trinajstić information content (AvgIpc) is 2.61. The first-order valence-electron chi connectivity index (χ1n) is 6.63. The van der Waals surface area contributed by atoms with Crippen LogP contribution in [0.25, 0.3) is 0 Å². The van der Waals surface area contributed by atoms with E-state index < -0.39 is 0 Å². The van der Waals surface area contributed by atoms with E-state index in [0.717, 1.165) is 6.42 Å². The lowest BCUT2D eigenvalue weighted by Crippen LogP contribution is -2.05. The number of unbranched alkanes of at least 4 members (excludes halogenated alkanes) is 5. The quantitative estimate of drug-likeness (QED) is 0.282. The Morgan fingerprint density at radius 2 is 1.94 bits per heavy atom. The van der Waals surface area contributed by atoms with Crippen LogP contribution in [0.4, 0.5) is 0 Å². The van der Waals surface area contributed by atoms with Crippen LogP contribution in [0.1, 0.15) is 58.3 Å². The Hall–Kier alpha value is -1.12. The lowest BCUT2D eigenvalue weighted by atomic mass is 10.0. The number of hydrogen-bond acceptors (Lipinski definition) is 3. The molecule has 1 heterocycles. The highest BCUT2D eigenvalue weighted by molar-refractivity contribution is 5.94. The lowest BCUT2D eigenvalue weighted by molar-refractivity contribution is -0.153. The molecule has 1 saturated heterocycles. The predicted molar refractivity (Wildman–Crippen MR) is 66.3 cm³/mol. The number of carbonyl (C=O) groups excluding carboxylic acids is 2. The Morgan fingerprint density at radius 3 is 2.59 bits per heavy atom. The van der Waals surface area contributed by atoms with Crippen molar-refractivity contribution in [2.45, 2.75) is 58.3 Å². The van der Waals surface area contributed by atoms with Crippen LogP contribution in [0.5, 0.6) is 0 Å². The highest BCUT2D eigenvalue weighted by Gasteiger charge is 2.31. The number of esters is 2. The minimum Gasteiger partial charge on any atom is -0.393 e. The Bertz CT molecular complexity index is 281. The van der Waals surface area contributed by atoms with E-state index in [9.17, 15) is 9.59 Å². The van der Waals surface area contributed by atoms with Crippen LogP contribution in [0.3, 0.4) is 0 Å². The first-order chi connectivity index (χ1) is 8.24. The normalized spacial score (nSPS) is 20.2. The summed E-state index contributed by atoms with van der Waals surface area (Å²) in [5.74, 6) is -0.977. The summed E-state index contributed by atoms with van der Waals surface area (Å²) in [5.41, 5.74) is 0. The van der Waals surface area contributed by atoms with E-state index in [1.807, 2.05) is 6.08 Å². The Balaban J connectivity index is 2.02. The third kappa shape index (κ3) is 5.66. The van der Waals surface area contributed by atoms with Gasteiger partial charge in [-0.15, -0.1) is 0 Å². The van der Waals surface area contributed by atoms with Gasteiger partial charge in [-0.1, -0.05) is 44.8 Å². The van der Waals surface area contributed by atoms with Crippen molar-refractivity contribution in [2.24, 2.45) is 5.92 Å². The van der Waals surface area contributed by atoms with Gasteiger partial charge < -0.3 is 4.74 Å². The van der Waals surface area contributed by atoms with Crippen molar-refractivity contribution >= 4 is 11.9 Å². The Labute approximate surface area is 103 Å². The van der Waals surface area contributed by atoms with Gasteiger partial charge in [0.15, 0.2) is 0 Å². The zero-order chi connectivity index (χ0) is 12.5. The van der Waals surface area contributed by atoms with Gasteiger partial charge in [-0.2, -0.15) is 0 Å². The lowest BCUT2D eigenvalue weighted by Gasteiger charge is -1.98. The molecule has 0 amide bonds. The molecule has 0 spiro atoms. The molecule has 0 aliphatic carbocycles. The van der Waals surface area contributed by atoms with Gasteiger partial charge in [0.05, 0.1) is 12.3 Å². The highest BCUT2D eigenvalue weighted by Crippen LogP contribution is 2.19. The van der Waals surface area contributed by atoms with Crippen LogP contribution < -0.4 is 0 Å². The number of rotatable bonds is 8. The van der Waals surface area contributed by atoms with E-state index in [1.54, 1.807) is 0 Å². The van der Waals surface area contributed by atoms with Gasteiger partial charge >= 0.3 is 11.9 Å². The maximum Gasteiger partial charge on any atom is 0.317 e. The first kappa shape index (κ1) is 13.9. The van der Waals surface area contributed by atoms with Crippen LogP contribution in [0.2, 0.25) is 0 Å². The molecular weight excluding hydrogens is 216 g/mol. The van der Waals surface area contributed by atoms with Crippen molar-refractivity contribution in [3.8, 4) is 0 Å². The van der Waals surface area contributed by atoms with Gasteiger partial charge in [0.2, 0.25) is 0 Å². The second-order valence-electron chi connectivity index (χ2n) is 4.60. The maximum absolute atomic E-state index is 11.1. The Kier molecular flexibility index (Phi) is 6.60. The molecule has 0 N–H and O–H groups in total. The van der Waals surface area contributed by atoms with E-state index in [2.05, 4.69) is 17.7 Å². The predicted octanol–water partition coefficient (Wildman–Crippen LogP) is 3.38. The fourth-order valence-corrected chi connectivity index (χ4v) is 1.95. The van der Waals surface area contributed by atoms with E-state index in [-0.39, 0.29) is 24.3 Å². The SMILES string of the molecule is CCCCCCC/C=C\C[C@H]1CC(=O)OC1=O. The first-order valence-corrected chi connectivity index (χ1v) is 6.63. The molecule has 1 aliphatic rings. The van der Waals surface area contributed by atoms with Gasteiger partial charge in [-0.25, -0.2) is 0 Å². The zero-order valence-corrected chi connectivity index (χ0v) is 10.6. The molecule has 1 atom stereocenters. The molecule has 1 fully saturated rings. The summed E-state index contributed by atoms with van der Waals surface area (Å²) in [5, 5.41) is 0. The van der Waals surface area contributed by atoms with Crippen molar-refractivity contribution in [3.63, 3.8) is 0 Å². The third-order valence-electron chi connectivity index (χ3n) is 3.02. The second kappa shape index (κ2) is 8.04. The maximum atomic E-state index is 11.1. The summed E-state index contributed by atoms with van der Waals surface area (Å²) in [4.78, 5) is 22.0. The molecule has 3 nitrogen and oxygen atoms in total. The average molecular weight is 238 g/mol. The van der Waals surface area contributed by atoms with Gasteiger partial charge in [0.25, 0.3) is 0 Å². The molecule has 0 unspecified atom stereocenters. The topological polar surface area (TPSA) is 43.4 Å². The van der Waals surface area contributed by atoms with Crippen LogP contribution in [-0.2, 0) is 14.3 Å². The molecule has 17 heavy (non-hydrogen) atoms. The zero-order valence-electron chi connectivity index (χ0n) is 10.6. The van der Waals surface area contributed by atoms with E-state index >= 15 is 0 Å². The summed E-state index contributed by atoms with van der Waals surface area (Å²) in [7, 11) is 0. The van der Waals surface area contributed by atoms with E-state index in [1.165, 1.54) is 32.1 Å². The minimum atomic E-state index is -0.382. The molecular formula is C14H22O3. The fourth-order valence-electron chi connectivity index (χ4n) is 1.95. The largest absolute Gasteiger partial charge is 0.393 e. The molecule has 0 aromatic rings. The molecule has 1 aliphatic heterocycles. The summed E-state index contributed by atoms with van der Waals surface area (Å²) >= 11 is 0. The number of cyclic esters (lactones) is 2. The molecule has 3 heteroatoms. The van der Waals surface area contributed by atoms with Crippen molar-refractivity contribution in [1.29, 1.82) is 0 Å². The number of allylic oxidation sites excluding steroid dienone is 2. The van der Waals surface area contributed by atoms with Gasteiger partial charge in [0.1, 0.15) is 0 Å². The van der Waals surface area contributed by atoms with Crippen molar-refractivity contribution in [3.05, 3.63) is 12.2 Å². The molecule has 96 valence electrons. The smallest absolute Gasteiger partial charge is 0.317 e. The summed E-state index contributed by atoms with van der Waals surface area (Å²) in [6, 6.07) is 0. The van der Waals surface area contributed by atoms with E-state index in [0.29, 0.717) is 6.42 Å². The summed E-state index contributed by atoms with van der Waals surface area (Å²) < 4.78 is 4.48. The van der Waals surface area contributed by atoms with Gasteiger partial charge in [-0.3, -0.25) is 9.59 Å². The number of ether oxygens (including phenoxy) is 1. The third-order valence-corrected chi connectivity index (χ3v) is 3.02. The number of carbonyl (C=O) groups is 2. The van der Waals surface area contributed by atoms with Gasteiger partial charge in [-0.05, 0) is 19.3 Å². The molecule has 0 bridgehead atoms. The molecule has 0 aromatic heterocycles. The van der Waals surface area contributed by atoms with Crippen LogP contribution in [0, 0.1) is 5.92 Å². The number of hydrogen-bond donors (Lipinski definition) is 0. The Morgan fingerprint density at radius 1 is 1.18 bits per heavy atom. The highest BCUT2D eigenvalue weighted by atomic mass is 16.6. The van der Waals surface area contributed by atoms with Gasteiger partial charge in [0, 0.05) is 0 Å². The molecule has 0 aromatic carbocycles. The second-order valence-corrected chi connectivity index (χ2v) is 4.60. The standard InChI is InChI=1S/C14H22O3/c1-2-3-4-5-6-7-8-9-10-12-11-13(15)17-14(12)16/h8-9,12H,2-7,10-11H2,1H3/b9-8-/t12-/m0/s1. The van der Waals surface area contributed by atoms with Crippen LogP contribution >= 0.6 is 0 Å². The van der Waals surface area contributed by atoms with Crippen LogP contribution in [0.15, 0.2) is 12.2 Å². The molecule has 0 saturated carbocycles. The van der Waals surface area contributed by atoms with Crippen molar-refractivity contribution < 1.29 is 14.3 Å². The molecule has 1 rings (SSSR count). The van der Waals surface area contributed by atoms with Crippen LogP contribution in [-0.4, -0.2) is 11.9 Å². The summed E-state index contributed by atoms with van der Waals surface area (Å²) in [6.45, 7) is 2.21. The van der Waals surface area contributed by atoms with Crippen molar-refractivity contribution in [2.75, 3.05) is 0 Å². The van der Waals surface area contributed by atoms with E-state index in [4.69, 9.17) is 0 Å². The minimum absolute atomic E-state index is 0.237. The summed E-state index contributed by atoms with van der Waals surface area (Å²) in [6.07, 6.45) is 12.5. The molecule has 0 radical (unpaired) electrons.